The van der Waals surface area contributed by atoms with Gasteiger partial charge in [-0.1, -0.05) is 41.9 Å². The Morgan fingerprint density at radius 1 is 0.900 bits per heavy atom. The topological polar surface area (TPSA) is 97.6 Å². The van der Waals surface area contributed by atoms with Gasteiger partial charge in [0, 0.05) is 16.3 Å². The highest BCUT2D eigenvalue weighted by Gasteiger charge is 2.04. The summed E-state index contributed by atoms with van der Waals surface area (Å²) in [6.07, 6.45) is 1.50. The van der Waals surface area contributed by atoms with E-state index in [1.54, 1.807) is 0 Å². The summed E-state index contributed by atoms with van der Waals surface area (Å²) >= 11 is 6.10. The van der Waals surface area contributed by atoms with Gasteiger partial charge in [-0.2, -0.15) is 0 Å². The number of rotatable bonds is 0. The van der Waals surface area contributed by atoms with Crippen molar-refractivity contribution in [3.8, 4) is 0 Å². The van der Waals surface area contributed by atoms with Gasteiger partial charge < -0.3 is 4.98 Å². The number of hydrogen-bond donors (Lipinski definition) is 3. The van der Waals surface area contributed by atoms with Gasteiger partial charge in [-0.25, -0.2) is 20.4 Å². The Kier molecular flexibility index (Phi) is 5.88. The molecule has 0 fully saturated rings. The van der Waals surface area contributed by atoms with E-state index in [1.165, 1.54) is 10.8 Å². The molecule has 100 valence electrons. The molecule has 2 aromatic carbocycles. The number of fused-ring (bicyclic) bond motifs is 3. The monoisotopic (exact) mass is 287 g/mol. The highest BCUT2D eigenvalue weighted by molar-refractivity contribution is 6.36. The Bertz CT molecular complexity index is 771. The molecule has 3 rings (SSSR count). The van der Waals surface area contributed by atoms with E-state index in [1.807, 2.05) is 24.3 Å². The summed E-state index contributed by atoms with van der Waals surface area (Å²) in [5.41, 5.74) is 2.16. The Labute approximate surface area is 119 Å². The molecule has 0 unspecified atom stereocenters. The van der Waals surface area contributed by atoms with E-state index >= 15 is 0 Å². The minimum Gasteiger partial charge on any atom is -0.353 e. The van der Waals surface area contributed by atoms with Crippen molar-refractivity contribution in [3.05, 3.63) is 47.5 Å². The molecule has 0 saturated heterocycles. The fraction of sp³-hybridized carbons (Fsp3) is 0. The number of H-pyrrole nitrogens is 1. The van der Waals surface area contributed by atoms with E-state index in [0.29, 0.717) is 0 Å². The SMILES string of the molecule is Clc1cccc2c1[nH]c1ccccc12.N=C=O.N=C=O. The van der Waals surface area contributed by atoms with Gasteiger partial charge in [0.05, 0.1) is 10.5 Å². The maximum absolute atomic E-state index is 8.35. The highest BCUT2D eigenvalue weighted by Crippen LogP contribution is 2.29. The van der Waals surface area contributed by atoms with Gasteiger partial charge >= 0.3 is 0 Å². The number of halogens is 1. The van der Waals surface area contributed by atoms with Crippen molar-refractivity contribution in [1.82, 2.24) is 4.98 Å². The summed E-state index contributed by atoms with van der Waals surface area (Å²) in [6, 6.07) is 14.2. The van der Waals surface area contributed by atoms with Crippen LogP contribution >= 0.6 is 11.6 Å². The molecule has 0 aliphatic carbocycles. The first kappa shape index (κ1) is 15.3. The molecule has 3 N–H and O–H groups in total. The summed E-state index contributed by atoms with van der Waals surface area (Å²) in [4.78, 5) is 20.0. The number of hydrogen-bond acceptors (Lipinski definition) is 4. The average Bonchev–Trinajstić information content (AvgIpc) is 2.81. The molecule has 0 spiro atoms. The minimum absolute atomic E-state index is 0.750. The van der Waals surface area contributed by atoms with E-state index < -0.39 is 0 Å². The van der Waals surface area contributed by atoms with Crippen LogP contribution in [0.5, 0.6) is 0 Å². The fourth-order valence-corrected chi connectivity index (χ4v) is 2.06. The van der Waals surface area contributed by atoms with E-state index in [9.17, 15) is 0 Å². The molecule has 5 nitrogen and oxygen atoms in total. The summed E-state index contributed by atoms with van der Waals surface area (Å²) in [5, 5.41) is 14.0. The van der Waals surface area contributed by atoms with Crippen molar-refractivity contribution in [3.63, 3.8) is 0 Å². The first-order valence-electron chi connectivity index (χ1n) is 5.42. The Morgan fingerprint density at radius 3 is 2.10 bits per heavy atom. The van der Waals surface area contributed by atoms with Gasteiger partial charge in [0.25, 0.3) is 0 Å². The third-order valence-corrected chi connectivity index (χ3v) is 2.81. The summed E-state index contributed by atoms with van der Waals surface area (Å²) in [5.74, 6) is 0. The summed E-state index contributed by atoms with van der Waals surface area (Å²) in [6.45, 7) is 0. The Balaban J connectivity index is 0.000000290. The quantitative estimate of drug-likeness (QED) is 0.433. The van der Waals surface area contributed by atoms with E-state index in [0.717, 1.165) is 28.2 Å². The standard InChI is InChI=1S/C12H8ClN.2CHNO/c13-10-6-3-5-9-8-4-1-2-7-11(8)14-12(9)10;2*2-1-3/h1-7,14H;2*2H. The van der Waals surface area contributed by atoms with Gasteiger partial charge in [0.15, 0.2) is 0 Å². The van der Waals surface area contributed by atoms with Crippen LogP contribution in [-0.4, -0.2) is 17.1 Å². The predicted molar refractivity (Wildman–Crippen MR) is 77.6 cm³/mol. The lowest BCUT2D eigenvalue weighted by Gasteiger charge is -1.91. The second-order valence-corrected chi connectivity index (χ2v) is 3.94. The van der Waals surface area contributed by atoms with Crippen molar-refractivity contribution in [2.24, 2.45) is 0 Å². The van der Waals surface area contributed by atoms with Crippen molar-refractivity contribution in [2.75, 3.05) is 0 Å². The second kappa shape index (κ2) is 7.67. The molecular weight excluding hydrogens is 278 g/mol. The van der Waals surface area contributed by atoms with Crippen LogP contribution < -0.4 is 0 Å². The lowest BCUT2D eigenvalue weighted by molar-refractivity contribution is 0.562. The lowest BCUT2D eigenvalue weighted by atomic mass is 10.2. The third kappa shape index (κ3) is 3.40. The van der Waals surface area contributed by atoms with Crippen LogP contribution in [0.25, 0.3) is 21.8 Å². The number of para-hydroxylation sites is 2. The Morgan fingerprint density at radius 2 is 1.45 bits per heavy atom. The van der Waals surface area contributed by atoms with Crippen LogP contribution in [0, 0.1) is 10.8 Å². The fourth-order valence-electron chi connectivity index (χ4n) is 1.84. The number of aromatic nitrogens is 1. The van der Waals surface area contributed by atoms with Gasteiger partial charge in [-0.15, -0.1) is 0 Å². The van der Waals surface area contributed by atoms with E-state index in [2.05, 4.69) is 23.2 Å². The molecule has 0 atom stereocenters. The minimum atomic E-state index is 0.750. The van der Waals surface area contributed by atoms with Gasteiger partial charge in [-0.3, -0.25) is 0 Å². The summed E-state index contributed by atoms with van der Waals surface area (Å²) < 4.78 is 0. The molecule has 6 heteroatoms. The smallest absolute Gasteiger partial charge is 0.231 e. The lowest BCUT2D eigenvalue weighted by Crippen LogP contribution is -1.68. The van der Waals surface area contributed by atoms with Crippen LogP contribution in [0.4, 0.5) is 0 Å². The maximum Gasteiger partial charge on any atom is 0.231 e. The second-order valence-electron chi connectivity index (χ2n) is 3.54. The normalized spacial score (nSPS) is 8.65. The zero-order valence-electron chi connectivity index (χ0n) is 10.2. The first-order chi connectivity index (χ1) is 9.69. The molecule has 1 aromatic heterocycles. The van der Waals surface area contributed by atoms with Crippen molar-refractivity contribution < 1.29 is 9.59 Å². The van der Waals surface area contributed by atoms with Gasteiger partial charge in [0.1, 0.15) is 0 Å². The van der Waals surface area contributed by atoms with Crippen molar-refractivity contribution in [1.29, 1.82) is 10.8 Å². The molecular formula is C14H10ClN3O2. The largest absolute Gasteiger partial charge is 0.353 e. The first-order valence-corrected chi connectivity index (χ1v) is 5.80. The van der Waals surface area contributed by atoms with Crippen molar-refractivity contribution in [2.45, 2.75) is 0 Å². The molecule has 0 saturated carbocycles. The van der Waals surface area contributed by atoms with Crippen LogP contribution in [0.1, 0.15) is 0 Å². The van der Waals surface area contributed by atoms with Crippen LogP contribution in [0.2, 0.25) is 5.02 Å². The third-order valence-electron chi connectivity index (χ3n) is 2.49. The molecule has 3 aromatic rings. The van der Waals surface area contributed by atoms with Crippen LogP contribution in [-0.2, 0) is 9.59 Å². The van der Waals surface area contributed by atoms with Gasteiger partial charge in [-0.05, 0) is 12.1 Å². The van der Waals surface area contributed by atoms with E-state index in [4.69, 9.17) is 32.0 Å². The van der Waals surface area contributed by atoms with E-state index in [-0.39, 0.29) is 0 Å². The number of aromatic amines is 1. The number of nitrogens with one attached hydrogen (secondary N) is 3. The maximum atomic E-state index is 8.35. The Hall–Kier alpha value is -2.71. The average molecular weight is 288 g/mol. The molecule has 1 heterocycles. The summed E-state index contributed by atoms with van der Waals surface area (Å²) in [7, 11) is 0. The number of benzene rings is 2. The van der Waals surface area contributed by atoms with Gasteiger partial charge in [0.2, 0.25) is 12.2 Å². The number of carbonyl (C=O) groups excluding carboxylic acids is 2. The molecule has 0 aliphatic rings. The molecule has 0 amide bonds. The van der Waals surface area contributed by atoms with Crippen LogP contribution in [0.15, 0.2) is 42.5 Å². The van der Waals surface area contributed by atoms with Crippen molar-refractivity contribution >= 4 is 45.6 Å². The molecule has 20 heavy (non-hydrogen) atoms. The molecule has 0 aliphatic heterocycles. The number of isocyanates is 2. The zero-order valence-corrected chi connectivity index (χ0v) is 11.0. The predicted octanol–water partition coefficient (Wildman–Crippen LogP) is 3.78. The molecule has 0 radical (unpaired) electrons. The van der Waals surface area contributed by atoms with Crippen LogP contribution in [0.3, 0.4) is 0 Å². The zero-order chi connectivity index (χ0) is 15.0. The highest BCUT2D eigenvalue weighted by atomic mass is 35.5. The molecule has 0 bridgehead atoms.